The van der Waals surface area contributed by atoms with Crippen LogP contribution >= 0.6 is 11.6 Å². The highest BCUT2D eigenvalue weighted by Gasteiger charge is 2.03. The molecule has 2 aromatic heterocycles. The first-order valence-corrected chi connectivity index (χ1v) is 6.43. The molecule has 0 radical (unpaired) electrons. The summed E-state index contributed by atoms with van der Waals surface area (Å²) in [6.07, 6.45) is 5.32. The largest absolute Gasteiger partial charge is 0.325 e. The van der Waals surface area contributed by atoms with E-state index in [2.05, 4.69) is 15.3 Å². The van der Waals surface area contributed by atoms with Crippen LogP contribution in [0.2, 0.25) is 5.15 Å². The van der Waals surface area contributed by atoms with E-state index in [1.807, 2.05) is 18.2 Å². The van der Waals surface area contributed by atoms with Gasteiger partial charge < -0.3 is 5.32 Å². The summed E-state index contributed by atoms with van der Waals surface area (Å²) in [5.74, 6) is -0.0277. The Bertz CT molecular complexity index is 528. The van der Waals surface area contributed by atoms with E-state index >= 15 is 0 Å². The maximum atomic E-state index is 11.7. The Kier molecular flexibility index (Phi) is 4.86. The van der Waals surface area contributed by atoms with E-state index < -0.39 is 0 Å². The molecule has 0 atom stereocenters. The Morgan fingerprint density at radius 2 is 2.11 bits per heavy atom. The van der Waals surface area contributed by atoms with E-state index in [0.717, 1.165) is 18.5 Å². The predicted octanol–water partition coefficient (Wildman–Crippen LogP) is 3.09. The first-order chi connectivity index (χ1) is 9.24. The molecule has 0 aliphatic heterocycles. The molecule has 0 aromatic carbocycles. The van der Waals surface area contributed by atoms with Crippen molar-refractivity contribution in [2.45, 2.75) is 19.3 Å². The molecule has 2 heterocycles. The molecular formula is C14H14ClN3O. The number of aromatic nitrogens is 2. The molecule has 2 rings (SSSR count). The zero-order chi connectivity index (χ0) is 13.5. The van der Waals surface area contributed by atoms with Gasteiger partial charge in [-0.25, -0.2) is 4.98 Å². The highest BCUT2D eigenvalue weighted by atomic mass is 35.5. The minimum Gasteiger partial charge on any atom is -0.325 e. The van der Waals surface area contributed by atoms with Gasteiger partial charge in [-0.05, 0) is 37.1 Å². The quantitative estimate of drug-likeness (QED) is 0.853. The molecule has 98 valence electrons. The van der Waals surface area contributed by atoms with Gasteiger partial charge in [0, 0.05) is 18.3 Å². The number of hydrogen-bond acceptors (Lipinski definition) is 3. The second-order valence-electron chi connectivity index (χ2n) is 4.09. The third kappa shape index (κ3) is 4.67. The van der Waals surface area contributed by atoms with Crippen LogP contribution in [0.25, 0.3) is 0 Å². The van der Waals surface area contributed by atoms with Crippen molar-refractivity contribution in [3.05, 3.63) is 53.6 Å². The van der Waals surface area contributed by atoms with E-state index in [1.54, 1.807) is 24.5 Å². The van der Waals surface area contributed by atoms with Gasteiger partial charge in [0.25, 0.3) is 0 Å². The fourth-order valence-electron chi connectivity index (χ4n) is 1.65. The van der Waals surface area contributed by atoms with Gasteiger partial charge in [-0.2, -0.15) is 0 Å². The third-order valence-electron chi connectivity index (χ3n) is 2.57. The summed E-state index contributed by atoms with van der Waals surface area (Å²) in [5, 5.41) is 3.19. The smallest absolute Gasteiger partial charge is 0.224 e. The number of halogens is 1. The minimum atomic E-state index is -0.0277. The number of anilines is 1. The van der Waals surface area contributed by atoms with Crippen LogP contribution in [0, 0.1) is 0 Å². The highest BCUT2D eigenvalue weighted by Crippen LogP contribution is 2.10. The van der Waals surface area contributed by atoms with Crippen LogP contribution in [0.15, 0.2) is 42.7 Å². The number of nitrogens with zero attached hydrogens (tertiary/aromatic N) is 2. The van der Waals surface area contributed by atoms with Crippen molar-refractivity contribution in [2.24, 2.45) is 0 Å². The molecule has 1 N–H and O–H groups in total. The second kappa shape index (κ2) is 6.85. The van der Waals surface area contributed by atoms with Crippen molar-refractivity contribution in [1.29, 1.82) is 0 Å². The fourth-order valence-corrected chi connectivity index (χ4v) is 1.76. The van der Waals surface area contributed by atoms with Crippen LogP contribution in [0.4, 0.5) is 5.69 Å². The van der Waals surface area contributed by atoms with Gasteiger partial charge in [0.2, 0.25) is 5.91 Å². The topological polar surface area (TPSA) is 54.9 Å². The first kappa shape index (κ1) is 13.5. The second-order valence-corrected chi connectivity index (χ2v) is 4.48. The lowest BCUT2D eigenvalue weighted by Crippen LogP contribution is -2.11. The monoisotopic (exact) mass is 275 g/mol. The van der Waals surface area contributed by atoms with E-state index in [-0.39, 0.29) is 5.91 Å². The molecule has 0 saturated heterocycles. The summed E-state index contributed by atoms with van der Waals surface area (Å²) in [5.41, 5.74) is 1.66. The number of nitrogens with one attached hydrogen (secondary N) is 1. The van der Waals surface area contributed by atoms with Gasteiger partial charge in [0.05, 0.1) is 11.9 Å². The van der Waals surface area contributed by atoms with Gasteiger partial charge in [-0.3, -0.25) is 9.78 Å². The van der Waals surface area contributed by atoms with Crippen molar-refractivity contribution < 1.29 is 4.79 Å². The van der Waals surface area contributed by atoms with Crippen LogP contribution < -0.4 is 5.32 Å². The number of hydrogen-bond donors (Lipinski definition) is 1. The van der Waals surface area contributed by atoms with E-state index in [4.69, 9.17) is 11.6 Å². The van der Waals surface area contributed by atoms with Gasteiger partial charge in [-0.1, -0.05) is 17.7 Å². The molecule has 0 saturated carbocycles. The zero-order valence-electron chi connectivity index (χ0n) is 10.3. The lowest BCUT2D eigenvalue weighted by Gasteiger charge is -2.04. The van der Waals surface area contributed by atoms with Crippen LogP contribution in [0.3, 0.4) is 0 Å². The summed E-state index contributed by atoms with van der Waals surface area (Å²) in [6, 6.07) is 9.16. The molecule has 0 fully saturated rings. The summed E-state index contributed by atoms with van der Waals surface area (Å²) < 4.78 is 0. The molecule has 0 bridgehead atoms. The van der Waals surface area contributed by atoms with Crippen LogP contribution in [-0.4, -0.2) is 15.9 Å². The van der Waals surface area contributed by atoms with Crippen LogP contribution in [-0.2, 0) is 11.2 Å². The summed E-state index contributed by atoms with van der Waals surface area (Å²) >= 11 is 5.67. The molecular weight excluding hydrogens is 262 g/mol. The van der Waals surface area contributed by atoms with Crippen LogP contribution in [0.1, 0.15) is 18.5 Å². The number of rotatable bonds is 5. The number of carbonyl (C=O) groups is 1. The van der Waals surface area contributed by atoms with Crippen molar-refractivity contribution in [3.8, 4) is 0 Å². The van der Waals surface area contributed by atoms with Crippen molar-refractivity contribution in [1.82, 2.24) is 9.97 Å². The molecule has 0 spiro atoms. The zero-order valence-corrected chi connectivity index (χ0v) is 11.1. The van der Waals surface area contributed by atoms with Crippen LogP contribution in [0.5, 0.6) is 0 Å². The summed E-state index contributed by atoms with van der Waals surface area (Å²) in [4.78, 5) is 19.8. The average molecular weight is 276 g/mol. The SMILES string of the molecule is O=C(CCCc1ccccn1)Nc1ccc(Cl)nc1. The standard InChI is InChI=1S/C14H14ClN3O/c15-13-8-7-12(10-17-13)18-14(19)6-3-5-11-4-1-2-9-16-11/h1-2,4,7-10H,3,5-6H2,(H,18,19). The summed E-state index contributed by atoms with van der Waals surface area (Å²) in [6.45, 7) is 0. The van der Waals surface area contributed by atoms with E-state index in [9.17, 15) is 4.79 Å². The molecule has 1 amide bonds. The minimum absolute atomic E-state index is 0.0277. The summed E-state index contributed by atoms with van der Waals surface area (Å²) in [7, 11) is 0. The van der Waals surface area contributed by atoms with E-state index in [1.165, 1.54) is 0 Å². The lowest BCUT2D eigenvalue weighted by molar-refractivity contribution is -0.116. The Balaban J connectivity index is 1.74. The molecule has 0 aliphatic rings. The molecule has 2 aromatic rings. The van der Waals surface area contributed by atoms with Crippen molar-refractivity contribution in [3.63, 3.8) is 0 Å². The molecule has 19 heavy (non-hydrogen) atoms. The molecule has 0 unspecified atom stereocenters. The lowest BCUT2D eigenvalue weighted by atomic mass is 10.1. The maximum absolute atomic E-state index is 11.7. The van der Waals surface area contributed by atoms with Gasteiger partial charge in [0.15, 0.2) is 0 Å². The van der Waals surface area contributed by atoms with Gasteiger partial charge in [-0.15, -0.1) is 0 Å². The van der Waals surface area contributed by atoms with Crippen molar-refractivity contribution >= 4 is 23.2 Å². The fraction of sp³-hybridized carbons (Fsp3) is 0.214. The van der Waals surface area contributed by atoms with Gasteiger partial charge in [0.1, 0.15) is 5.15 Å². The first-order valence-electron chi connectivity index (χ1n) is 6.05. The normalized spacial score (nSPS) is 10.2. The van der Waals surface area contributed by atoms with Gasteiger partial charge >= 0.3 is 0 Å². The molecule has 5 heteroatoms. The Morgan fingerprint density at radius 1 is 1.21 bits per heavy atom. The number of aryl methyl sites for hydroxylation is 1. The Labute approximate surface area is 116 Å². The van der Waals surface area contributed by atoms with Crippen molar-refractivity contribution in [2.75, 3.05) is 5.32 Å². The Hall–Kier alpha value is -1.94. The molecule has 0 aliphatic carbocycles. The van der Waals surface area contributed by atoms with E-state index in [0.29, 0.717) is 17.3 Å². The third-order valence-corrected chi connectivity index (χ3v) is 2.80. The predicted molar refractivity (Wildman–Crippen MR) is 75.1 cm³/mol. The molecule has 4 nitrogen and oxygen atoms in total. The number of amides is 1. The maximum Gasteiger partial charge on any atom is 0.224 e. The highest BCUT2D eigenvalue weighted by molar-refractivity contribution is 6.29. The Morgan fingerprint density at radius 3 is 2.79 bits per heavy atom. The average Bonchev–Trinajstić information content (AvgIpc) is 2.43. The number of pyridine rings is 2. The number of carbonyl (C=O) groups excluding carboxylic acids is 1.